The SMILES string of the molecule is CC(C)C(C)NC(=O)c1ncn2c(C3CCN(CC4CC4)CC3)ccnc12. The van der Waals surface area contributed by atoms with Gasteiger partial charge in [-0.3, -0.25) is 9.20 Å². The maximum atomic E-state index is 12.6. The van der Waals surface area contributed by atoms with Gasteiger partial charge in [-0.15, -0.1) is 0 Å². The number of fused-ring (bicyclic) bond motifs is 1. The second-order valence-electron chi connectivity index (χ2n) is 8.68. The average molecular weight is 370 g/mol. The molecule has 1 atom stereocenters. The van der Waals surface area contributed by atoms with Crippen LogP contribution in [-0.4, -0.2) is 50.9 Å². The Bertz CT molecular complexity index is 802. The summed E-state index contributed by atoms with van der Waals surface area (Å²) in [5.74, 6) is 1.71. The standard InChI is InChI=1S/C21H31N5O/c1-14(2)15(3)24-21(27)19-20-22-9-6-18(26(20)13-23-19)17-7-10-25(11-8-17)12-16-4-5-16/h6,9,13-17H,4-5,7-8,10-12H2,1-3H3,(H,24,27). The van der Waals surface area contributed by atoms with Crippen LogP contribution in [0, 0.1) is 11.8 Å². The van der Waals surface area contributed by atoms with Gasteiger partial charge in [0.25, 0.3) is 5.91 Å². The van der Waals surface area contributed by atoms with Crippen LogP contribution in [0.1, 0.15) is 68.6 Å². The summed E-state index contributed by atoms with van der Waals surface area (Å²) in [7, 11) is 0. The van der Waals surface area contributed by atoms with Gasteiger partial charge in [0, 0.05) is 30.4 Å². The van der Waals surface area contributed by atoms with Gasteiger partial charge in [-0.25, -0.2) is 9.97 Å². The van der Waals surface area contributed by atoms with Crippen LogP contribution in [0.4, 0.5) is 0 Å². The number of carbonyl (C=O) groups is 1. The number of piperidine rings is 1. The van der Waals surface area contributed by atoms with Crippen molar-refractivity contribution in [1.82, 2.24) is 24.6 Å². The lowest BCUT2D eigenvalue weighted by molar-refractivity contribution is 0.0927. The Kier molecular flexibility index (Phi) is 5.17. The zero-order valence-electron chi connectivity index (χ0n) is 16.7. The molecule has 1 unspecified atom stereocenters. The lowest BCUT2D eigenvalue weighted by Crippen LogP contribution is -2.36. The van der Waals surface area contributed by atoms with Crippen LogP contribution in [0.2, 0.25) is 0 Å². The third kappa shape index (κ3) is 4.00. The summed E-state index contributed by atoms with van der Waals surface area (Å²) in [6.45, 7) is 9.83. The van der Waals surface area contributed by atoms with Crippen LogP contribution in [0.15, 0.2) is 18.6 Å². The highest BCUT2D eigenvalue weighted by molar-refractivity contribution is 5.98. The van der Waals surface area contributed by atoms with E-state index in [4.69, 9.17) is 0 Å². The number of hydrogen-bond acceptors (Lipinski definition) is 4. The van der Waals surface area contributed by atoms with Gasteiger partial charge in [0.15, 0.2) is 11.3 Å². The number of carbonyl (C=O) groups excluding carboxylic acids is 1. The van der Waals surface area contributed by atoms with Crippen molar-refractivity contribution >= 4 is 11.6 Å². The number of imidazole rings is 1. The Hall–Kier alpha value is -1.95. The Morgan fingerprint density at radius 3 is 2.59 bits per heavy atom. The zero-order chi connectivity index (χ0) is 19.0. The van der Waals surface area contributed by atoms with E-state index in [9.17, 15) is 4.79 Å². The van der Waals surface area contributed by atoms with Gasteiger partial charge < -0.3 is 10.2 Å². The van der Waals surface area contributed by atoms with Crippen LogP contribution in [0.25, 0.3) is 5.65 Å². The largest absolute Gasteiger partial charge is 0.348 e. The van der Waals surface area contributed by atoms with Crippen LogP contribution in [0.3, 0.4) is 0 Å². The molecule has 2 aromatic rings. The molecule has 1 aliphatic heterocycles. The number of likely N-dealkylation sites (tertiary alicyclic amines) is 1. The highest BCUT2D eigenvalue weighted by Gasteiger charge is 2.28. The van der Waals surface area contributed by atoms with E-state index in [1.165, 1.54) is 38.2 Å². The van der Waals surface area contributed by atoms with E-state index in [0.29, 0.717) is 23.2 Å². The van der Waals surface area contributed by atoms with Crippen molar-refractivity contribution in [3.05, 3.63) is 30.0 Å². The van der Waals surface area contributed by atoms with Crippen molar-refractivity contribution in [1.29, 1.82) is 0 Å². The zero-order valence-corrected chi connectivity index (χ0v) is 16.7. The first-order chi connectivity index (χ1) is 13.0. The molecule has 3 heterocycles. The normalized spacial score (nSPS) is 20.3. The molecule has 1 amide bonds. The molecule has 27 heavy (non-hydrogen) atoms. The molecular weight excluding hydrogens is 338 g/mol. The van der Waals surface area contributed by atoms with Crippen LogP contribution < -0.4 is 5.32 Å². The maximum absolute atomic E-state index is 12.6. The summed E-state index contributed by atoms with van der Waals surface area (Å²) in [5, 5.41) is 3.04. The Balaban J connectivity index is 1.50. The van der Waals surface area contributed by atoms with Gasteiger partial charge in [-0.05, 0) is 63.6 Å². The lowest BCUT2D eigenvalue weighted by Gasteiger charge is -2.32. The van der Waals surface area contributed by atoms with Crippen molar-refractivity contribution in [2.75, 3.05) is 19.6 Å². The summed E-state index contributed by atoms with van der Waals surface area (Å²) < 4.78 is 2.02. The summed E-state index contributed by atoms with van der Waals surface area (Å²) in [6, 6.07) is 2.20. The number of nitrogens with one attached hydrogen (secondary N) is 1. The molecule has 2 aromatic heterocycles. The average Bonchev–Trinajstić information content (AvgIpc) is 3.36. The molecule has 1 saturated heterocycles. The van der Waals surface area contributed by atoms with E-state index in [1.54, 1.807) is 6.33 Å². The Morgan fingerprint density at radius 2 is 1.93 bits per heavy atom. The predicted octanol–water partition coefficient (Wildman–Crippen LogP) is 3.09. The monoisotopic (exact) mass is 369 g/mol. The molecule has 1 saturated carbocycles. The minimum Gasteiger partial charge on any atom is -0.348 e. The molecule has 146 valence electrons. The van der Waals surface area contributed by atoms with Gasteiger partial charge in [-0.2, -0.15) is 0 Å². The number of aromatic nitrogens is 3. The third-order valence-corrected chi connectivity index (χ3v) is 6.26. The number of nitrogens with zero attached hydrogens (tertiary/aromatic N) is 4. The summed E-state index contributed by atoms with van der Waals surface area (Å²) >= 11 is 0. The molecular formula is C21H31N5O. The van der Waals surface area contributed by atoms with Gasteiger partial charge in [0.1, 0.15) is 6.33 Å². The smallest absolute Gasteiger partial charge is 0.274 e. The highest BCUT2D eigenvalue weighted by atomic mass is 16.2. The first-order valence-corrected chi connectivity index (χ1v) is 10.4. The Morgan fingerprint density at radius 1 is 1.19 bits per heavy atom. The van der Waals surface area contributed by atoms with Crippen LogP contribution >= 0.6 is 0 Å². The van der Waals surface area contributed by atoms with E-state index < -0.39 is 0 Å². The van der Waals surface area contributed by atoms with Gasteiger partial charge >= 0.3 is 0 Å². The van der Waals surface area contributed by atoms with Gasteiger partial charge in [-0.1, -0.05) is 13.8 Å². The van der Waals surface area contributed by atoms with E-state index in [2.05, 4.69) is 40.1 Å². The molecule has 0 spiro atoms. The summed E-state index contributed by atoms with van der Waals surface area (Å²) in [5.41, 5.74) is 2.33. The Labute approximate surface area is 161 Å². The fraction of sp³-hybridized carbons (Fsp3) is 0.667. The highest BCUT2D eigenvalue weighted by Crippen LogP contribution is 2.33. The fourth-order valence-corrected chi connectivity index (χ4v) is 3.93. The first-order valence-electron chi connectivity index (χ1n) is 10.4. The van der Waals surface area contributed by atoms with Crippen LogP contribution in [0.5, 0.6) is 0 Å². The minimum absolute atomic E-state index is 0.105. The quantitative estimate of drug-likeness (QED) is 0.850. The van der Waals surface area contributed by atoms with Gasteiger partial charge in [0.2, 0.25) is 0 Å². The topological polar surface area (TPSA) is 62.5 Å². The minimum atomic E-state index is -0.136. The number of rotatable bonds is 6. The van der Waals surface area contributed by atoms with Crippen molar-refractivity contribution in [3.8, 4) is 0 Å². The van der Waals surface area contributed by atoms with E-state index in [0.717, 1.165) is 18.8 Å². The molecule has 0 radical (unpaired) electrons. The molecule has 0 bridgehead atoms. The fourth-order valence-electron chi connectivity index (χ4n) is 3.93. The second-order valence-corrected chi connectivity index (χ2v) is 8.68. The molecule has 2 aliphatic rings. The number of hydrogen-bond donors (Lipinski definition) is 1. The molecule has 6 nitrogen and oxygen atoms in total. The molecule has 2 fully saturated rings. The van der Waals surface area contributed by atoms with Crippen molar-refractivity contribution in [2.45, 2.75) is 58.4 Å². The predicted molar refractivity (Wildman–Crippen MR) is 106 cm³/mol. The van der Waals surface area contributed by atoms with Gasteiger partial charge in [0.05, 0.1) is 0 Å². The molecule has 1 aliphatic carbocycles. The molecule has 0 aromatic carbocycles. The maximum Gasteiger partial charge on any atom is 0.274 e. The van der Waals surface area contributed by atoms with E-state index in [-0.39, 0.29) is 11.9 Å². The van der Waals surface area contributed by atoms with E-state index in [1.807, 2.05) is 17.5 Å². The van der Waals surface area contributed by atoms with Crippen LogP contribution in [-0.2, 0) is 0 Å². The summed E-state index contributed by atoms with van der Waals surface area (Å²) in [4.78, 5) is 24.1. The summed E-state index contributed by atoms with van der Waals surface area (Å²) in [6.07, 6.45) is 8.75. The third-order valence-electron chi connectivity index (χ3n) is 6.26. The first kappa shape index (κ1) is 18.4. The molecule has 6 heteroatoms. The lowest BCUT2D eigenvalue weighted by atomic mass is 9.93. The van der Waals surface area contributed by atoms with Crippen molar-refractivity contribution in [3.63, 3.8) is 0 Å². The van der Waals surface area contributed by atoms with Crippen molar-refractivity contribution < 1.29 is 4.79 Å². The second kappa shape index (κ2) is 7.58. The van der Waals surface area contributed by atoms with E-state index >= 15 is 0 Å². The number of amides is 1. The molecule has 4 rings (SSSR count). The van der Waals surface area contributed by atoms with Crippen molar-refractivity contribution in [2.24, 2.45) is 11.8 Å². The molecule has 1 N–H and O–H groups in total.